The summed E-state index contributed by atoms with van der Waals surface area (Å²) in [7, 11) is 0. The van der Waals surface area contributed by atoms with E-state index >= 15 is 0 Å². The maximum Gasteiger partial charge on any atom is 0.256 e. The summed E-state index contributed by atoms with van der Waals surface area (Å²) in [6.07, 6.45) is 5.55. The number of carbonyl (C=O) groups excluding carboxylic acids is 1. The molecule has 124 valence electrons. The number of H-pyrrole nitrogens is 1. The normalized spacial score (nSPS) is 18.2. The number of amides is 1. The maximum absolute atomic E-state index is 13.0. The molecule has 0 aliphatic carbocycles. The lowest BCUT2D eigenvalue weighted by atomic mass is 10.0. The van der Waals surface area contributed by atoms with Gasteiger partial charge in [0.25, 0.3) is 5.91 Å². The number of fused-ring (bicyclic) bond motifs is 1. The highest BCUT2D eigenvalue weighted by Crippen LogP contribution is 2.25. The highest BCUT2D eigenvalue weighted by Gasteiger charge is 2.28. The molecule has 4 rings (SSSR count). The minimum absolute atomic E-state index is 0.0699. The second-order valence-corrected chi connectivity index (χ2v) is 6.52. The van der Waals surface area contributed by atoms with Crippen LogP contribution in [0, 0.1) is 13.8 Å². The number of piperidine rings is 1. The Balaban J connectivity index is 1.60. The molecule has 24 heavy (non-hydrogen) atoms. The van der Waals surface area contributed by atoms with E-state index in [2.05, 4.69) is 32.7 Å². The fourth-order valence-corrected chi connectivity index (χ4v) is 3.66. The van der Waals surface area contributed by atoms with Crippen molar-refractivity contribution in [1.82, 2.24) is 24.6 Å². The highest BCUT2D eigenvalue weighted by atomic mass is 16.2. The Morgan fingerprint density at radius 3 is 3.04 bits per heavy atom. The third-order valence-corrected chi connectivity index (χ3v) is 4.76. The number of carbonyl (C=O) groups is 1. The number of nitrogens with zero attached hydrogens (tertiary/aromatic N) is 4. The van der Waals surface area contributed by atoms with Crippen LogP contribution in [0.25, 0.3) is 11.0 Å². The molecule has 3 aromatic rings. The number of aryl methyl sites for hydroxylation is 2. The Hall–Kier alpha value is -2.63. The molecular weight excluding hydrogens is 302 g/mol. The Kier molecular flexibility index (Phi) is 3.59. The van der Waals surface area contributed by atoms with E-state index in [4.69, 9.17) is 0 Å². The highest BCUT2D eigenvalue weighted by molar-refractivity contribution is 6.05. The minimum atomic E-state index is 0.0699. The summed E-state index contributed by atoms with van der Waals surface area (Å²) in [5, 5.41) is 5.49. The van der Waals surface area contributed by atoms with Crippen LogP contribution in [0.15, 0.2) is 30.6 Å². The van der Waals surface area contributed by atoms with Crippen LogP contribution in [0.4, 0.5) is 0 Å². The van der Waals surface area contributed by atoms with Crippen LogP contribution in [0.1, 0.15) is 40.6 Å². The van der Waals surface area contributed by atoms with Gasteiger partial charge in [-0.1, -0.05) is 0 Å². The predicted octanol–water partition coefficient (Wildman–Crippen LogP) is 2.85. The van der Waals surface area contributed by atoms with Gasteiger partial charge in [-0.05, 0) is 44.9 Å². The number of rotatable bonds is 2. The topological polar surface area (TPSA) is 66.8 Å². The lowest BCUT2D eigenvalue weighted by molar-refractivity contribution is 0.0673. The molecule has 0 radical (unpaired) electrons. The van der Waals surface area contributed by atoms with Gasteiger partial charge in [-0.15, -0.1) is 0 Å². The number of hydrogen-bond acceptors (Lipinski definition) is 3. The monoisotopic (exact) mass is 323 g/mol. The largest absolute Gasteiger partial charge is 0.345 e. The standard InChI is InChI=1S/C18H21N5O/c1-12-9-13(2)23(21-12)14-5-4-8-22(11-14)18(24)16-10-20-17-15(16)6-3-7-19-17/h3,6-7,9-10,14H,4-5,8,11H2,1-2H3,(H,19,20)/t14-/m0/s1. The molecule has 1 amide bonds. The van der Waals surface area contributed by atoms with Crippen molar-refractivity contribution >= 4 is 16.9 Å². The first kappa shape index (κ1) is 14.9. The quantitative estimate of drug-likeness (QED) is 0.788. The first-order chi connectivity index (χ1) is 11.6. The molecule has 1 aliphatic rings. The molecule has 0 bridgehead atoms. The zero-order valence-corrected chi connectivity index (χ0v) is 14.0. The number of pyridine rings is 1. The summed E-state index contributed by atoms with van der Waals surface area (Å²) in [6, 6.07) is 6.14. The fourth-order valence-electron chi connectivity index (χ4n) is 3.66. The van der Waals surface area contributed by atoms with Crippen LogP contribution in [0.2, 0.25) is 0 Å². The summed E-state index contributed by atoms with van der Waals surface area (Å²) in [5.41, 5.74) is 3.64. The molecule has 4 heterocycles. The number of nitrogens with one attached hydrogen (secondary N) is 1. The smallest absolute Gasteiger partial charge is 0.256 e. The van der Waals surface area contributed by atoms with Crippen molar-refractivity contribution in [1.29, 1.82) is 0 Å². The van der Waals surface area contributed by atoms with Gasteiger partial charge in [0.2, 0.25) is 0 Å². The van der Waals surface area contributed by atoms with Gasteiger partial charge in [0.05, 0.1) is 17.3 Å². The van der Waals surface area contributed by atoms with Gasteiger partial charge in [-0.3, -0.25) is 9.48 Å². The number of aromatic amines is 1. The van der Waals surface area contributed by atoms with Gasteiger partial charge in [0.15, 0.2) is 0 Å². The van der Waals surface area contributed by atoms with Crippen molar-refractivity contribution in [3.8, 4) is 0 Å². The molecule has 0 unspecified atom stereocenters. The van der Waals surface area contributed by atoms with Gasteiger partial charge in [0.1, 0.15) is 5.65 Å². The second kappa shape index (κ2) is 5.78. The predicted molar refractivity (Wildman–Crippen MR) is 92.0 cm³/mol. The zero-order chi connectivity index (χ0) is 16.7. The minimum Gasteiger partial charge on any atom is -0.345 e. The number of hydrogen-bond donors (Lipinski definition) is 1. The molecule has 1 aliphatic heterocycles. The molecule has 6 heteroatoms. The third kappa shape index (κ3) is 2.48. The molecule has 0 aromatic carbocycles. The molecule has 1 fully saturated rings. The molecule has 0 saturated carbocycles. The lowest BCUT2D eigenvalue weighted by Gasteiger charge is -2.33. The van der Waals surface area contributed by atoms with E-state index in [1.807, 2.05) is 24.0 Å². The van der Waals surface area contributed by atoms with Crippen LogP contribution in [0.5, 0.6) is 0 Å². The third-order valence-electron chi connectivity index (χ3n) is 4.76. The Morgan fingerprint density at radius 2 is 2.25 bits per heavy atom. The lowest BCUT2D eigenvalue weighted by Crippen LogP contribution is -2.41. The van der Waals surface area contributed by atoms with Crippen molar-refractivity contribution in [3.63, 3.8) is 0 Å². The van der Waals surface area contributed by atoms with E-state index in [1.165, 1.54) is 0 Å². The second-order valence-electron chi connectivity index (χ2n) is 6.52. The van der Waals surface area contributed by atoms with Gasteiger partial charge in [-0.2, -0.15) is 5.10 Å². The van der Waals surface area contributed by atoms with Crippen molar-refractivity contribution in [2.24, 2.45) is 0 Å². The van der Waals surface area contributed by atoms with E-state index in [9.17, 15) is 4.79 Å². The van der Waals surface area contributed by atoms with Gasteiger partial charge < -0.3 is 9.88 Å². The maximum atomic E-state index is 13.0. The molecule has 1 N–H and O–H groups in total. The SMILES string of the molecule is Cc1cc(C)n([C@H]2CCCN(C(=O)c3c[nH]c4ncccc34)C2)n1. The van der Waals surface area contributed by atoms with Crippen LogP contribution >= 0.6 is 0 Å². The van der Waals surface area contributed by atoms with Crippen molar-refractivity contribution in [3.05, 3.63) is 47.5 Å². The molecule has 1 saturated heterocycles. The summed E-state index contributed by atoms with van der Waals surface area (Å²) in [6.45, 7) is 5.58. The Labute approximate surface area is 140 Å². The molecular formula is C18H21N5O. The van der Waals surface area contributed by atoms with E-state index in [0.29, 0.717) is 12.1 Å². The van der Waals surface area contributed by atoms with Crippen LogP contribution in [-0.4, -0.2) is 43.6 Å². The molecule has 0 spiro atoms. The first-order valence-electron chi connectivity index (χ1n) is 8.37. The summed E-state index contributed by atoms with van der Waals surface area (Å²) in [4.78, 5) is 22.3. The Morgan fingerprint density at radius 1 is 1.38 bits per heavy atom. The van der Waals surface area contributed by atoms with Crippen LogP contribution in [-0.2, 0) is 0 Å². The zero-order valence-electron chi connectivity index (χ0n) is 14.0. The summed E-state index contributed by atoms with van der Waals surface area (Å²) < 4.78 is 2.07. The molecule has 1 atom stereocenters. The van der Waals surface area contributed by atoms with Crippen molar-refractivity contribution in [2.75, 3.05) is 13.1 Å². The van der Waals surface area contributed by atoms with Gasteiger partial charge in [0, 0.05) is 36.6 Å². The Bertz CT molecular complexity index is 894. The summed E-state index contributed by atoms with van der Waals surface area (Å²) >= 11 is 0. The average molecular weight is 323 g/mol. The van der Waals surface area contributed by atoms with E-state index in [-0.39, 0.29) is 11.9 Å². The summed E-state index contributed by atoms with van der Waals surface area (Å²) in [5.74, 6) is 0.0699. The van der Waals surface area contributed by atoms with E-state index in [0.717, 1.165) is 41.8 Å². The number of aromatic nitrogens is 4. The van der Waals surface area contributed by atoms with Crippen molar-refractivity contribution in [2.45, 2.75) is 32.7 Å². The average Bonchev–Trinajstić information content (AvgIpc) is 3.17. The molecule has 6 nitrogen and oxygen atoms in total. The van der Waals surface area contributed by atoms with Crippen LogP contribution < -0.4 is 0 Å². The van der Waals surface area contributed by atoms with Crippen LogP contribution in [0.3, 0.4) is 0 Å². The van der Waals surface area contributed by atoms with E-state index < -0.39 is 0 Å². The molecule has 3 aromatic heterocycles. The number of likely N-dealkylation sites (tertiary alicyclic amines) is 1. The first-order valence-corrected chi connectivity index (χ1v) is 8.37. The van der Waals surface area contributed by atoms with Crippen molar-refractivity contribution < 1.29 is 4.79 Å². The van der Waals surface area contributed by atoms with E-state index in [1.54, 1.807) is 12.4 Å². The van der Waals surface area contributed by atoms with Gasteiger partial charge >= 0.3 is 0 Å². The van der Waals surface area contributed by atoms with Gasteiger partial charge in [-0.25, -0.2) is 4.98 Å². The fraction of sp³-hybridized carbons (Fsp3) is 0.389.